The number of H-pyrrole nitrogens is 1. The predicted molar refractivity (Wildman–Crippen MR) is 71.8 cm³/mol. The van der Waals surface area contributed by atoms with Crippen LogP contribution in [0.1, 0.15) is 41.4 Å². The number of carbonyl (C=O) groups excluding carboxylic acids is 1. The minimum absolute atomic E-state index is 0.142. The topological polar surface area (TPSA) is 57.8 Å². The lowest BCUT2D eigenvalue weighted by atomic mass is 10.1. The van der Waals surface area contributed by atoms with Crippen molar-refractivity contribution in [3.05, 3.63) is 47.2 Å². The fraction of sp³-hybridized carbons (Fsp3) is 0.286. The van der Waals surface area contributed by atoms with Gasteiger partial charge >= 0.3 is 0 Å². The Balaban J connectivity index is 2.08. The Bertz CT molecular complexity index is 540. The third kappa shape index (κ3) is 2.77. The second-order valence-electron chi connectivity index (χ2n) is 4.68. The van der Waals surface area contributed by atoms with Crippen LogP contribution < -0.4 is 5.32 Å². The number of nitrogens with one attached hydrogen (secondary N) is 2. The number of hydrogen-bond donors (Lipinski definition) is 2. The van der Waals surface area contributed by atoms with Gasteiger partial charge in [0.2, 0.25) is 0 Å². The lowest BCUT2D eigenvalue weighted by Crippen LogP contribution is -2.11. The van der Waals surface area contributed by atoms with Gasteiger partial charge in [0.1, 0.15) is 0 Å². The van der Waals surface area contributed by atoms with E-state index in [2.05, 4.69) is 29.4 Å². The van der Waals surface area contributed by atoms with Crippen molar-refractivity contribution in [1.29, 1.82) is 0 Å². The molecule has 0 aliphatic rings. The second kappa shape index (κ2) is 5.04. The van der Waals surface area contributed by atoms with Crippen molar-refractivity contribution in [2.45, 2.75) is 26.7 Å². The maximum Gasteiger partial charge on any atom is 0.256 e. The summed E-state index contributed by atoms with van der Waals surface area (Å²) in [6.07, 6.45) is 0. The smallest absolute Gasteiger partial charge is 0.256 e. The summed E-state index contributed by atoms with van der Waals surface area (Å²) >= 11 is 0. The molecule has 0 bridgehead atoms. The molecule has 0 aliphatic carbocycles. The number of nitrogens with zero attached hydrogens (tertiary/aromatic N) is 1. The molecule has 18 heavy (non-hydrogen) atoms. The van der Waals surface area contributed by atoms with Gasteiger partial charge in [0.25, 0.3) is 5.91 Å². The van der Waals surface area contributed by atoms with Crippen molar-refractivity contribution in [2.75, 3.05) is 5.32 Å². The van der Waals surface area contributed by atoms with Gasteiger partial charge in [-0.3, -0.25) is 9.89 Å². The summed E-state index contributed by atoms with van der Waals surface area (Å²) in [5, 5.41) is 9.74. The van der Waals surface area contributed by atoms with Crippen LogP contribution in [0.5, 0.6) is 0 Å². The number of anilines is 1. The summed E-state index contributed by atoms with van der Waals surface area (Å²) in [7, 11) is 0. The summed E-state index contributed by atoms with van der Waals surface area (Å²) in [4.78, 5) is 11.9. The average Bonchev–Trinajstić information content (AvgIpc) is 2.78. The first-order valence-electron chi connectivity index (χ1n) is 5.99. The Kier molecular flexibility index (Phi) is 3.46. The van der Waals surface area contributed by atoms with Crippen LogP contribution in [-0.2, 0) is 0 Å². The highest BCUT2D eigenvalue weighted by atomic mass is 16.1. The van der Waals surface area contributed by atoms with E-state index in [0.29, 0.717) is 17.3 Å². The van der Waals surface area contributed by atoms with Crippen LogP contribution >= 0.6 is 0 Å². The third-order valence-corrected chi connectivity index (χ3v) is 2.78. The normalized spacial score (nSPS) is 10.7. The quantitative estimate of drug-likeness (QED) is 0.870. The lowest BCUT2D eigenvalue weighted by molar-refractivity contribution is 0.102. The highest BCUT2D eigenvalue weighted by molar-refractivity contribution is 6.03. The molecule has 1 amide bonds. The Labute approximate surface area is 106 Å². The van der Waals surface area contributed by atoms with E-state index in [1.165, 1.54) is 0 Å². The van der Waals surface area contributed by atoms with Crippen LogP contribution in [-0.4, -0.2) is 16.1 Å². The van der Waals surface area contributed by atoms with Crippen LogP contribution in [0.2, 0.25) is 0 Å². The molecule has 0 saturated carbocycles. The number of aromatic amines is 1. The van der Waals surface area contributed by atoms with Crippen molar-refractivity contribution in [3.63, 3.8) is 0 Å². The van der Waals surface area contributed by atoms with E-state index in [1.807, 2.05) is 25.1 Å². The highest BCUT2D eigenvalue weighted by Gasteiger charge is 2.09. The fourth-order valence-electron chi connectivity index (χ4n) is 1.59. The van der Waals surface area contributed by atoms with Crippen LogP contribution in [0.4, 0.5) is 5.82 Å². The standard InChI is InChI=1S/C14H17N3O/c1-9(2)12-8-13(17-16-12)15-14(18)11-6-4-10(3)5-7-11/h4-9H,1-3H3,(H2,15,16,17,18). The molecule has 94 valence electrons. The van der Waals surface area contributed by atoms with Gasteiger partial charge in [0, 0.05) is 17.3 Å². The van der Waals surface area contributed by atoms with Gasteiger partial charge in [-0.15, -0.1) is 0 Å². The van der Waals surface area contributed by atoms with Crippen LogP contribution in [0.25, 0.3) is 0 Å². The zero-order valence-electron chi connectivity index (χ0n) is 10.8. The summed E-state index contributed by atoms with van der Waals surface area (Å²) < 4.78 is 0. The molecule has 0 unspecified atom stereocenters. The maximum atomic E-state index is 11.9. The SMILES string of the molecule is Cc1ccc(C(=O)Nc2cc(C(C)C)[nH]n2)cc1. The second-order valence-corrected chi connectivity index (χ2v) is 4.68. The molecular weight excluding hydrogens is 226 g/mol. The predicted octanol–water partition coefficient (Wildman–Crippen LogP) is 3.09. The third-order valence-electron chi connectivity index (χ3n) is 2.78. The number of rotatable bonds is 3. The van der Waals surface area contributed by atoms with E-state index in [9.17, 15) is 4.79 Å². The van der Waals surface area contributed by atoms with E-state index in [4.69, 9.17) is 0 Å². The van der Waals surface area contributed by atoms with Crippen LogP contribution in [0.3, 0.4) is 0 Å². The first-order chi connectivity index (χ1) is 8.56. The summed E-state index contributed by atoms with van der Waals surface area (Å²) in [6.45, 7) is 6.13. The van der Waals surface area contributed by atoms with E-state index in [0.717, 1.165) is 11.3 Å². The monoisotopic (exact) mass is 243 g/mol. The molecule has 2 aromatic rings. The molecule has 0 saturated heterocycles. The van der Waals surface area contributed by atoms with Gasteiger partial charge in [-0.05, 0) is 25.0 Å². The minimum atomic E-state index is -0.142. The molecule has 1 aromatic carbocycles. The first kappa shape index (κ1) is 12.4. The van der Waals surface area contributed by atoms with E-state index in [1.54, 1.807) is 12.1 Å². The summed E-state index contributed by atoms with van der Waals surface area (Å²) in [5.74, 6) is 0.781. The minimum Gasteiger partial charge on any atom is -0.305 e. The molecule has 0 spiro atoms. The molecule has 0 atom stereocenters. The number of amides is 1. The Morgan fingerprint density at radius 1 is 1.28 bits per heavy atom. The Morgan fingerprint density at radius 3 is 2.50 bits per heavy atom. The zero-order valence-corrected chi connectivity index (χ0v) is 10.8. The van der Waals surface area contributed by atoms with Crippen molar-refractivity contribution >= 4 is 11.7 Å². The molecule has 0 aliphatic heterocycles. The Morgan fingerprint density at radius 2 is 1.94 bits per heavy atom. The summed E-state index contributed by atoms with van der Waals surface area (Å²) in [6, 6.07) is 9.30. The lowest BCUT2D eigenvalue weighted by Gasteiger charge is -2.02. The zero-order chi connectivity index (χ0) is 13.1. The largest absolute Gasteiger partial charge is 0.305 e. The number of carbonyl (C=O) groups is 1. The van der Waals surface area contributed by atoms with Gasteiger partial charge in [0.05, 0.1) is 0 Å². The van der Waals surface area contributed by atoms with Crippen molar-refractivity contribution in [2.24, 2.45) is 0 Å². The number of aromatic nitrogens is 2. The number of hydrogen-bond acceptors (Lipinski definition) is 2. The van der Waals surface area contributed by atoms with Crippen LogP contribution in [0, 0.1) is 6.92 Å². The molecule has 0 radical (unpaired) electrons. The van der Waals surface area contributed by atoms with Gasteiger partial charge in [-0.2, -0.15) is 5.10 Å². The molecule has 1 aromatic heterocycles. The summed E-state index contributed by atoms with van der Waals surface area (Å²) in [5.41, 5.74) is 2.78. The molecule has 4 heteroatoms. The molecule has 2 N–H and O–H groups in total. The number of aryl methyl sites for hydroxylation is 1. The van der Waals surface area contributed by atoms with Crippen molar-refractivity contribution < 1.29 is 4.79 Å². The fourth-order valence-corrected chi connectivity index (χ4v) is 1.59. The highest BCUT2D eigenvalue weighted by Crippen LogP contribution is 2.15. The molecule has 0 fully saturated rings. The van der Waals surface area contributed by atoms with Gasteiger partial charge in [-0.25, -0.2) is 0 Å². The van der Waals surface area contributed by atoms with E-state index in [-0.39, 0.29) is 5.91 Å². The molecular formula is C14H17N3O. The van der Waals surface area contributed by atoms with Gasteiger partial charge < -0.3 is 5.32 Å². The molecule has 1 heterocycles. The van der Waals surface area contributed by atoms with E-state index < -0.39 is 0 Å². The average molecular weight is 243 g/mol. The van der Waals surface area contributed by atoms with Gasteiger partial charge in [0.15, 0.2) is 5.82 Å². The van der Waals surface area contributed by atoms with Gasteiger partial charge in [-0.1, -0.05) is 31.5 Å². The van der Waals surface area contributed by atoms with Crippen molar-refractivity contribution in [3.8, 4) is 0 Å². The van der Waals surface area contributed by atoms with Crippen LogP contribution in [0.15, 0.2) is 30.3 Å². The Hall–Kier alpha value is -2.10. The molecule has 4 nitrogen and oxygen atoms in total. The molecule has 2 rings (SSSR count). The number of benzene rings is 1. The van der Waals surface area contributed by atoms with Crippen molar-refractivity contribution in [1.82, 2.24) is 10.2 Å². The van der Waals surface area contributed by atoms with E-state index >= 15 is 0 Å². The maximum absolute atomic E-state index is 11.9. The first-order valence-corrected chi connectivity index (χ1v) is 5.99.